The Morgan fingerprint density at radius 2 is 2.07 bits per heavy atom. The molecule has 1 rings (SSSR count). The second-order valence-corrected chi connectivity index (χ2v) is 2.68. The molecule has 1 aromatic rings. The second kappa shape index (κ2) is 5.06. The molecule has 0 aromatic carbocycles. The quantitative estimate of drug-likeness (QED) is 0.610. The van der Waals surface area contributed by atoms with Gasteiger partial charge in [0.25, 0.3) is 0 Å². The minimum absolute atomic E-state index is 0.538. The zero-order valence-corrected chi connectivity index (χ0v) is 8.25. The van der Waals surface area contributed by atoms with Gasteiger partial charge in [-0.3, -0.25) is 0 Å². The summed E-state index contributed by atoms with van der Waals surface area (Å²) < 4.78 is 0. The fourth-order valence-corrected chi connectivity index (χ4v) is 1.01. The summed E-state index contributed by atoms with van der Waals surface area (Å²) in [6, 6.07) is 0. The van der Waals surface area contributed by atoms with Crippen molar-refractivity contribution in [3.63, 3.8) is 0 Å². The summed E-state index contributed by atoms with van der Waals surface area (Å²) in [7, 11) is 0. The van der Waals surface area contributed by atoms with Gasteiger partial charge in [-0.05, 0) is 6.92 Å². The van der Waals surface area contributed by atoms with E-state index in [1.807, 2.05) is 6.92 Å². The first kappa shape index (κ1) is 10.3. The van der Waals surface area contributed by atoms with E-state index in [0.717, 1.165) is 6.54 Å². The third kappa shape index (κ3) is 2.35. The van der Waals surface area contributed by atoms with Gasteiger partial charge in [0.1, 0.15) is 12.0 Å². The van der Waals surface area contributed by atoms with Crippen molar-refractivity contribution in [3.05, 3.63) is 19.0 Å². The first-order valence-electron chi connectivity index (χ1n) is 4.48. The van der Waals surface area contributed by atoms with E-state index in [9.17, 15) is 0 Å². The average molecular weight is 193 g/mol. The number of rotatable bonds is 5. The van der Waals surface area contributed by atoms with Gasteiger partial charge < -0.3 is 16.4 Å². The van der Waals surface area contributed by atoms with Gasteiger partial charge in [-0.2, -0.15) is 0 Å². The van der Waals surface area contributed by atoms with E-state index in [1.165, 1.54) is 6.33 Å². The smallest absolute Gasteiger partial charge is 0.155 e. The highest BCUT2D eigenvalue weighted by Gasteiger charge is 2.05. The van der Waals surface area contributed by atoms with Crippen LogP contribution in [0, 0.1) is 0 Å². The standard InChI is InChI=1S/C9H15N5/c1-3-5-12-9-7(10)8(11-4-2)13-6-14-9/h3,6H,1,4-5,10H2,2H3,(H2,11,12,13,14). The van der Waals surface area contributed by atoms with Gasteiger partial charge in [-0.25, -0.2) is 9.97 Å². The van der Waals surface area contributed by atoms with Gasteiger partial charge >= 0.3 is 0 Å². The monoisotopic (exact) mass is 193 g/mol. The Bertz CT molecular complexity index is 310. The van der Waals surface area contributed by atoms with E-state index in [2.05, 4.69) is 27.2 Å². The highest BCUT2D eigenvalue weighted by atomic mass is 15.1. The molecule has 0 saturated carbocycles. The summed E-state index contributed by atoms with van der Waals surface area (Å²) in [6.07, 6.45) is 3.22. The molecule has 0 aliphatic carbocycles. The van der Waals surface area contributed by atoms with Crippen LogP contribution in [-0.2, 0) is 0 Å². The maximum absolute atomic E-state index is 5.83. The number of anilines is 3. The average Bonchev–Trinajstić information content (AvgIpc) is 2.20. The molecule has 14 heavy (non-hydrogen) atoms. The Morgan fingerprint density at radius 3 is 2.64 bits per heavy atom. The van der Waals surface area contributed by atoms with Crippen molar-refractivity contribution in [2.75, 3.05) is 29.5 Å². The maximum atomic E-state index is 5.83. The molecule has 0 aliphatic rings. The number of nitrogens with one attached hydrogen (secondary N) is 2. The topological polar surface area (TPSA) is 75.9 Å². The van der Waals surface area contributed by atoms with Crippen LogP contribution in [0.2, 0.25) is 0 Å². The Hall–Kier alpha value is -1.78. The number of nitrogen functional groups attached to an aromatic ring is 1. The molecular weight excluding hydrogens is 178 g/mol. The van der Waals surface area contributed by atoms with Crippen LogP contribution in [0.1, 0.15) is 6.92 Å². The van der Waals surface area contributed by atoms with Crippen molar-refractivity contribution in [3.8, 4) is 0 Å². The van der Waals surface area contributed by atoms with Crippen molar-refractivity contribution in [1.82, 2.24) is 9.97 Å². The van der Waals surface area contributed by atoms with E-state index in [4.69, 9.17) is 5.73 Å². The van der Waals surface area contributed by atoms with Crippen molar-refractivity contribution in [2.24, 2.45) is 0 Å². The molecule has 0 saturated heterocycles. The van der Waals surface area contributed by atoms with E-state index in [-0.39, 0.29) is 0 Å². The minimum atomic E-state index is 0.538. The second-order valence-electron chi connectivity index (χ2n) is 2.68. The first-order chi connectivity index (χ1) is 6.79. The van der Waals surface area contributed by atoms with Gasteiger partial charge in [0.05, 0.1) is 0 Å². The molecule has 76 valence electrons. The molecule has 4 N–H and O–H groups in total. The van der Waals surface area contributed by atoms with Crippen LogP contribution in [0.5, 0.6) is 0 Å². The molecule has 5 nitrogen and oxygen atoms in total. The Balaban J connectivity index is 2.83. The minimum Gasteiger partial charge on any atom is -0.393 e. The predicted octanol–water partition coefficient (Wildman–Crippen LogP) is 1.09. The summed E-state index contributed by atoms with van der Waals surface area (Å²) in [4.78, 5) is 8.05. The lowest BCUT2D eigenvalue weighted by Crippen LogP contribution is -2.09. The van der Waals surface area contributed by atoms with E-state index < -0.39 is 0 Å². The summed E-state index contributed by atoms with van der Waals surface area (Å²) in [5.74, 6) is 1.30. The number of nitrogens with zero attached hydrogens (tertiary/aromatic N) is 2. The van der Waals surface area contributed by atoms with Crippen LogP contribution in [0.3, 0.4) is 0 Å². The molecule has 0 radical (unpaired) electrons. The SMILES string of the molecule is C=CCNc1ncnc(NCC)c1N. The molecule has 5 heteroatoms. The van der Waals surface area contributed by atoms with Crippen LogP contribution in [0.15, 0.2) is 19.0 Å². The first-order valence-corrected chi connectivity index (χ1v) is 4.48. The van der Waals surface area contributed by atoms with Crippen molar-refractivity contribution < 1.29 is 0 Å². The van der Waals surface area contributed by atoms with Crippen molar-refractivity contribution in [1.29, 1.82) is 0 Å². The Labute approximate surface area is 83.4 Å². The van der Waals surface area contributed by atoms with Crippen LogP contribution in [0.25, 0.3) is 0 Å². The molecular formula is C9H15N5. The van der Waals surface area contributed by atoms with E-state index >= 15 is 0 Å². The highest BCUT2D eigenvalue weighted by molar-refractivity contribution is 5.73. The summed E-state index contributed by atoms with van der Waals surface area (Å²) >= 11 is 0. The Kier molecular flexibility index (Phi) is 3.72. The molecule has 0 bridgehead atoms. The van der Waals surface area contributed by atoms with Gasteiger partial charge in [0.15, 0.2) is 11.6 Å². The normalized spacial score (nSPS) is 9.50. The molecule has 0 atom stereocenters. The van der Waals surface area contributed by atoms with Gasteiger partial charge in [-0.15, -0.1) is 6.58 Å². The lowest BCUT2D eigenvalue weighted by atomic mass is 10.4. The fourth-order valence-electron chi connectivity index (χ4n) is 1.01. The lowest BCUT2D eigenvalue weighted by Gasteiger charge is -2.09. The highest BCUT2D eigenvalue weighted by Crippen LogP contribution is 2.21. The third-order valence-corrected chi connectivity index (χ3v) is 1.64. The van der Waals surface area contributed by atoms with Crippen LogP contribution in [-0.4, -0.2) is 23.1 Å². The molecule has 0 spiro atoms. The van der Waals surface area contributed by atoms with Crippen LogP contribution >= 0.6 is 0 Å². The summed E-state index contributed by atoms with van der Waals surface area (Å²) in [5.41, 5.74) is 6.36. The van der Waals surface area contributed by atoms with Crippen LogP contribution < -0.4 is 16.4 Å². The summed E-state index contributed by atoms with van der Waals surface area (Å²) in [6.45, 7) is 7.00. The lowest BCUT2D eigenvalue weighted by molar-refractivity contribution is 1.10. The molecule has 0 amide bonds. The number of hydrogen-bond donors (Lipinski definition) is 3. The van der Waals surface area contributed by atoms with Crippen LogP contribution in [0.4, 0.5) is 17.3 Å². The molecule has 0 fully saturated rings. The van der Waals surface area contributed by atoms with Crippen molar-refractivity contribution >= 4 is 17.3 Å². The fraction of sp³-hybridized carbons (Fsp3) is 0.333. The van der Waals surface area contributed by atoms with E-state index in [1.54, 1.807) is 6.08 Å². The maximum Gasteiger partial charge on any atom is 0.155 e. The molecule has 1 aromatic heterocycles. The van der Waals surface area contributed by atoms with Gasteiger partial charge in [0.2, 0.25) is 0 Å². The van der Waals surface area contributed by atoms with Gasteiger partial charge in [0, 0.05) is 13.1 Å². The van der Waals surface area contributed by atoms with E-state index in [0.29, 0.717) is 23.9 Å². The zero-order chi connectivity index (χ0) is 10.4. The molecule has 1 heterocycles. The third-order valence-electron chi connectivity index (χ3n) is 1.64. The summed E-state index contributed by atoms with van der Waals surface area (Å²) in [5, 5.41) is 6.08. The Morgan fingerprint density at radius 1 is 1.43 bits per heavy atom. The number of nitrogens with two attached hydrogens (primary N) is 1. The van der Waals surface area contributed by atoms with Gasteiger partial charge in [-0.1, -0.05) is 6.08 Å². The predicted molar refractivity (Wildman–Crippen MR) is 59.3 cm³/mol. The number of hydrogen-bond acceptors (Lipinski definition) is 5. The largest absolute Gasteiger partial charge is 0.393 e. The molecule has 0 unspecified atom stereocenters. The zero-order valence-electron chi connectivity index (χ0n) is 8.25. The van der Waals surface area contributed by atoms with Crippen molar-refractivity contribution in [2.45, 2.75) is 6.92 Å². The molecule has 0 aliphatic heterocycles. The number of aromatic nitrogens is 2.